The van der Waals surface area contributed by atoms with Gasteiger partial charge in [0.1, 0.15) is 11.6 Å². The number of allylic oxidation sites excluding steroid dienone is 1. The Bertz CT molecular complexity index is 961. The molecule has 0 saturated carbocycles. The highest BCUT2D eigenvalue weighted by Crippen LogP contribution is 2.33. The van der Waals surface area contributed by atoms with Gasteiger partial charge in [0.2, 0.25) is 10.3 Å². The second kappa shape index (κ2) is 10.6. The number of carbonyl (C=O) groups excluding carboxylic acids is 1. The minimum absolute atomic E-state index is 0.00722. The number of aromatic nitrogens is 2. The van der Waals surface area contributed by atoms with Crippen LogP contribution in [0, 0.1) is 17.2 Å². The summed E-state index contributed by atoms with van der Waals surface area (Å²) < 4.78 is 9.37. The molecule has 1 amide bonds. The number of nitrogens with zero attached hydrogens (tertiary/aromatic N) is 3. The number of hydrogen-bond acceptors (Lipinski definition) is 8. The number of aromatic hydroxyl groups is 1. The Kier molecular flexibility index (Phi) is 8.24. The summed E-state index contributed by atoms with van der Waals surface area (Å²) >= 11 is 2.58. The maximum Gasteiger partial charge on any atom is 0.268 e. The molecule has 0 aliphatic rings. The molecule has 1 aromatic heterocycles. The summed E-state index contributed by atoms with van der Waals surface area (Å²) in [5.74, 6) is 1.06. The molecule has 0 unspecified atom stereocenters. The highest BCUT2D eigenvalue weighted by atomic mass is 32.2. The zero-order valence-corrected chi connectivity index (χ0v) is 18.1. The molecule has 0 aliphatic carbocycles. The van der Waals surface area contributed by atoms with E-state index in [9.17, 15) is 15.2 Å². The van der Waals surface area contributed by atoms with Gasteiger partial charge < -0.3 is 9.84 Å². The van der Waals surface area contributed by atoms with E-state index in [2.05, 4.69) is 35.1 Å². The van der Waals surface area contributed by atoms with Crippen molar-refractivity contribution in [1.29, 1.82) is 5.26 Å². The van der Waals surface area contributed by atoms with Gasteiger partial charge in [0.05, 0.1) is 7.11 Å². The van der Waals surface area contributed by atoms with Crippen LogP contribution in [0.2, 0.25) is 0 Å². The number of nitriles is 1. The normalized spacial score (nSPS) is 11.2. The molecule has 2 rings (SSSR count). The predicted octanol–water partition coefficient (Wildman–Crippen LogP) is 4.27. The Morgan fingerprint density at radius 3 is 2.90 bits per heavy atom. The molecule has 29 heavy (non-hydrogen) atoms. The number of nitrogens with one attached hydrogen (secondary N) is 1. The van der Waals surface area contributed by atoms with Crippen molar-refractivity contribution in [3.63, 3.8) is 0 Å². The topological polar surface area (TPSA) is 108 Å². The lowest BCUT2D eigenvalue weighted by molar-refractivity contribution is -0.112. The fraction of sp³-hybridized carbons (Fsp3) is 0.300. The fourth-order valence-electron chi connectivity index (χ4n) is 2.28. The molecule has 2 N–H and O–H groups in total. The van der Waals surface area contributed by atoms with Crippen LogP contribution in [0.5, 0.6) is 11.5 Å². The molecule has 0 saturated heterocycles. The lowest BCUT2D eigenvalue weighted by Gasteiger charge is -2.09. The van der Waals surface area contributed by atoms with Crippen molar-refractivity contribution >= 4 is 40.4 Å². The molecule has 0 bridgehead atoms. The van der Waals surface area contributed by atoms with Crippen molar-refractivity contribution in [2.24, 2.45) is 5.92 Å². The van der Waals surface area contributed by atoms with Crippen molar-refractivity contribution < 1.29 is 14.6 Å². The first-order valence-electron chi connectivity index (χ1n) is 8.78. The van der Waals surface area contributed by atoms with Crippen molar-refractivity contribution in [3.8, 4) is 17.6 Å². The average molecular weight is 431 g/mol. The molecule has 0 atom stereocenters. The molecule has 9 heteroatoms. The van der Waals surface area contributed by atoms with E-state index in [1.54, 1.807) is 18.2 Å². The van der Waals surface area contributed by atoms with E-state index in [0.717, 1.165) is 17.3 Å². The summed E-state index contributed by atoms with van der Waals surface area (Å²) in [6.45, 7) is 7.87. The number of amides is 1. The van der Waals surface area contributed by atoms with Crippen LogP contribution in [0.15, 0.2) is 35.5 Å². The number of carbonyl (C=O) groups is 1. The van der Waals surface area contributed by atoms with Crippen molar-refractivity contribution in [2.45, 2.75) is 25.4 Å². The van der Waals surface area contributed by atoms with Gasteiger partial charge in [-0.1, -0.05) is 31.7 Å². The number of phenolic OH excluding ortho intramolecular Hbond substituents is 1. The summed E-state index contributed by atoms with van der Waals surface area (Å²) in [5, 5.41) is 23.1. The summed E-state index contributed by atoms with van der Waals surface area (Å²) in [6.07, 6.45) is 3.49. The Hall–Kier alpha value is -2.83. The first kappa shape index (κ1) is 22.5. The predicted molar refractivity (Wildman–Crippen MR) is 116 cm³/mol. The quantitative estimate of drug-likeness (QED) is 0.265. The molecule has 0 fully saturated rings. The van der Waals surface area contributed by atoms with Gasteiger partial charge in [-0.2, -0.15) is 14.6 Å². The molecular formula is C20H22N4O3S2. The van der Waals surface area contributed by atoms with Gasteiger partial charge in [0, 0.05) is 22.8 Å². The second-order valence-electron chi connectivity index (χ2n) is 6.43. The Morgan fingerprint density at radius 1 is 1.52 bits per heavy atom. The summed E-state index contributed by atoms with van der Waals surface area (Å²) in [5.41, 5.74) is 1.03. The van der Waals surface area contributed by atoms with E-state index in [0.29, 0.717) is 33.8 Å². The zero-order chi connectivity index (χ0) is 21.4. The van der Waals surface area contributed by atoms with Gasteiger partial charge in [-0.3, -0.25) is 10.1 Å². The van der Waals surface area contributed by atoms with Crippen molar-refractivity contribution in [3.05, 3.63) is 41.5 Å². The van der Waals surface area contributed by atoms with Gasteiger partial charge in [-0.05, 0) is 36.1 Å². The number of hydrogen-bond donors (Lipinski definition) is 2. The lowest BCUT2D eigenvalue weighted by atomic mass is 10.0. The van der Waals surface area contributed by atoms with Gasteiger partial charge in [0.25, 0.3) is 5.91 Å². The number of rotatable bonds is 9. The molecule has 0 spiro atoms. The molecule has 0 radical (unpaired) electrons. The number of phenols is 1. The third-order valence-electron chi connectivity index (χ3n) is 3.61. The van der Waals surface area contributed by atoms with E-state index < -0.39 is 5.91 Å². The fourth-order valence-corrected chi connectivity index (χ4v) is 3.77. The number of benzene rings is 1. The number of thioether (sulfide) groups is 1. The third kappa shape index (κ3) is 6.34. The zero-order valence-electron chi connectivity index (χ0n) is 16.4. The van der Waals surface area contributed by atoms with Crippen LogP contribution in [0.25, 0.3) is 6.08 Å². The van der Waals surface area contributed by atoms with Crippen LogP contribution in [0.4, 0.5) is 5.13 Å². The van der Waals surface area contributed by atoms with Gasteiger partial charge in [-0.25, -0.2) is 0 Å². The first-order valence-corrected chi connectivity index (χ1v) is 10.5. The minimum Gasteiger partial charge on any atom is -0.504 e. The highest BCUT2D eigenvalue weighted by Gasteiger charge is 2.15. The number of anilines is 1. The van der Waals surface area contributed by atoms with E-state index in [1.165, 1.54) is 24.9 Å². The lowest BCUT2D eigenvalue weighted by Crippen LogP contribution is -2.13. The van der Waals surface area contributed by atoms with Gasteiger partial charge in [-0.15, -0.1) is 6.58 Å². The molecule has 2 aromatic rings. The van der Waals surface area contributed by atoms with Gasteiger partial charge in [0.15, 0.2) is 11.5 Å². The van der Waals surface area contributed by atoms with Gasteiger partial charge >= 0.3 is 0 Å². The van der Waals surface area contributed by atoms with Crippen LogP contribution >= 0.6 is 23.3 Å². The van der Waals surface area contributed by atoms with E-state index >= 15 is 0 Å². The molecule has 1 heterocycles. The molecule has 1 aromatic carbocycles. The average Bonchev–Trinajstić information content (AvgIpc) is 3.14. The van der Waals surface area contributed by atoms with E-state index in [4.69, 9.17) is 4.74 Å². The van der Waals surface area contributed by atoms with Crippen LogP contribution in [-0.2, 0) is 11.2 Å². The largest absolute Gasteiger partial charge is 0.504 e. The van der Waals surface area contributed by atoms with E-state index in [-0.39, 0.29) is 17.1 Å². The summed E-state index contributed by atoms with van der Waals surface area (Å²) in [6, 6.07) is 5.13. The van der Waals surface area contributed by atoms with Crippen LogP contribution in [0.1, 0.15) is 25.0 Å². The van der Waals surface area contributed by atoms with Crippen LogP contribution < -0.4 is 10.1 Å². The Morgan fingerprint density at radius 2 is 2.28 bits per heavy atom. The molecule has 152 valence electrons. The van der Waals surface area contributed by atoms with E-state index in [1.807, 2.05) is 6.07 Å². The third-order valence-corrected chi connectivity index (χ3v) is 5.63. The smallest absolute Gasteiger partial charge is 0.268 e. The molecule has 0 aliphatic heterocycles. The maximum absolute atomic E-state index is 12.5. The van der Waals surface area contributed by atoms with Crippen LogP contribution in [-0.4, -0.2) is 33.2 Å². The summed E-state index contributed by atoms with van der Waals surface area (Å²) in [4.78, 5) is 16.7. The SMILES string of the molecule is C=CCc1cc(C=C(C#N)C(=O)Nc2nc(SCC(C)C)ns2)cc(OC)c1O. The first-order chi connectivity index (χ1) is 13.9. The maximum atomic E-state index is 12.5. The van der Waals surface area contributed by atoms with Crippen LogP contribution in [0.3, 0.4) is 0 Å². The standard InChI is InChI=1S/C20H22N4O3S2/c1-5-6-14-7-13(9-16(27-4)17(14)25)8-15(10-21)18(26)22-19-23-20(24-29-19)28-11-12(2)3/h5,7-9,12,25H,1,6,11H2,2-4H3,(H,22,23,24,26). The minimum atomic E-state index is -0.582. The Labute approximate surface area is 178 Å². The van der Waals surface area contributed by atoms with Crippen molar-refractivity contribution in [2.75, 3.05) is 18.2 Å². The van der Waals surface area contributed by atoms with Crippen molar-refractivity contribution in [1.82, 2.24) is 9.36 Å². The second-order valence-corrected chi connectivity index (χ2v) is 8.17. The summed E-state index contributed by atoms with van der Waals surface area (Å²) in [7, 11) is 1.43. The Balaban J connectivity index is 2.21. The monoisotopic (exact) mass is 430 g/mol. The molecular weight excluding hydrogens is 408 g/mol. The molecule has 7 nitrogen and oxygen atoms in total. The number of ether oxygens (including phenoxy) is 1. The number of methoxy groups -OCH3 is 1. The highest BCUT2D eigenvalue weighted by molar-refractivity contribution is 7.99.